The van der Waals surface area contributed by atoms with Crippen molar-refractivity contribution in [2.75, 3.05) is 26.2 Å². The molecule has 2 aromatic carbocycles. The molecule has 1 fully saturated rings. The van der Waals surface area contributed by atoms with E-state index >= 15 is 0 Å². The van der Waals surface area contributed by atoms with E-state index in [4.69, 9.17) is 0 Å². The number of carbonyl (C=O) groups is 1. The van der Waals surface area contributed by atoms with Gasteiger partial charge in [0.15, 0.2) is 0 Å². The van der Waals surface area contributed by atoms with Crippen LogP contribution in [0.4, 0.5) is 5.69 Å². The third kappa shape index (κ3) is 4.62. The zero-order valence-electron chi connectivity index (χ0n) is 15.0. The second-order valence-electron chi connectivity index (χ2n) is 6.26. The van der Waals surface area contributed by atoms with Crippen LogP contribution in [0.2, 0.25) is 0 Å². The van der Waals surface area contributed by atoms with Gasteiger partial charge >= 0.3 is 0 Å². The van der Waals surface area contributed by atoms with Gasteiger partial charge in [-0.2, -0.15) is 4.31 Å². The number of piperazine rings is 1. The first kappa shape index (κ1) is 19.7. The molecule has 0 unspecified atom stereocenters. The molecule has 1 saturated heterocycles. The molecule has 3 rings (SSSR count). The van der Waals surface area contributed by atoms with Crippen molar-refractivity contribution in [2.45, 2.75) is 0 Å². The van der Waals surface area contributed by atoms with Crippen LogP contribution >= 0.6 is 0 Å². The van der Waals surface area contributed by atoms with Gasteiger partial charge in [0.25, 0.3) is 11.6 Å². The van der Waals surface area contributed by atoms with Gasteiger partial charge in [0, 0.05) is 49.3 Å². The summed E-state index contributed by atoms with van der Waals surface area (Å²) in [6, 6.07) is 14.6. The van der Waals surface area contributed by atoms with Crippen LogP contribution in [0, 0.1) is 10.1 Å². The predicted octanol–water partition coefficient (Wildman–Crippen LogP) is 2.35. The molecule has 0 aliphatic carbocycles. The van der Waals surface area contributed by atoms with E-state index in [0.717, 1.165) is 5.56 Å². The lowest BCUT2D eigenvalue weighted by molar-refractivity contribution is -0.384. The van der Waals surface area contributed by atoms with E-state index in [1.54, 1.807) is 0 Å². The fourth-order valence-electron chi connectivity index (χ4n) is 2.90. The van der Waals surface area contributed by atoms with Crippen LogP contribution in [-0.2, 0) is 10.0 Å². The predicted molar refractivity (Wildman–Crippen MR) is 105 cm³/mol. The Hall–Kier alpha value is -3.04. The quantitative estimate of drug-likeness (QED) is 0.565. The minimum absolute atomic E-state index is 0.155. The minimum atomic E-state index is -3.59. The second-order valence-corrected chi connectivity index (χ2v) is 8.08. The molecule has 0 saturated carbocycles. The maximum Gasteiger partial charge on any atom is 0.270 e. The van der Waals surface area contributed by atoms with E-state index < -0.39 is 14.9 Å². The van der Waals surface area contributed by atoms with Gasteiger partial charge in [-0.3, -0.25) is 14.9 Å². The van der Waals surface area contributed by atoms with Crippen molar-refractivity contribution in [3.63, 3.8) is 0 Å². The van der Waals surface area contributed by atoms with Crippen molar-refractivity contribution in [3.05, 3.63) is 81.2 Å². The van der Waals surface area contributed by atoms with Crippen molar-refractivity contribution >= 4 is 27.7 Å². The smallest absolute Gasteiger partial charge is 0.270 e. The SMILES string of the molecule is O=C(c1cccc([N+](=O)[O-])c1)N1CCN(S(=O)(=O)C=Cc2ccccc2)CC1. The summed E-state index contributed by atoms with van der Waals surface area (Å²) >= 11 is 0. The van der Waals surface area contributed by atoms with E-state index in [2.05, 4.69) is 0 Å². The van der Waals surface area contributed by atoms with E-state index in [0.29, 0.717) is 0 Å². The summed E-state index contributed by atoms with van der Waals surface area (Å²) in [5, 5.41) is 12.0. The number of rotatable bonds is 5. The Morgan fingerprint density at radius 3 is 2.32 bits per heavy atom. The molecule has 0 radical (unpaired) electrons. The van der Waals surface area contributed by atoms with Gasteiger partial charge in [-0.25, -0.2) is 8.42 Å². The molecule has 0 aromatic heterocycles. The molecule has 1 amide bonds. The van der Waals surface area contributed by atoms with Gasteiger partial charge in [0.2, 0.25) is 10.0 Å². The molecule has 9 heteroatoms. The molecule has 1 heterocycles. The monoisotopic (exact) mass is 401 g/mol. The highest BCUT2D eigenvalue weighted by Crippen LogP contribution is 2.17. The summed E-state index contributed by atoms with van der Waals surface area (Å²) < 4.78 is 26.3. The molecule has 1 aliphatic heterocycles. The highest BCUT2D eigenvalue weighted by Gasteiger charge is 2.28. The fraction of sp³-hybridized carbons (Fsp3) is 0.211. The summed E-state index contributed by atoms with van der Waals surface area (Å²) in [4.78, 5) is 24.4. The lowest BCUT2D eigenvalue weighted by atomic mass is 10.1. The zero-order valence-corrected chi connectivity index (χ0v) is 15.8. The Morgan fingerprint density at radius 1 is 1.00 bits per heavy atom. The summed E-state index contributed by atoms with van der Waals surface area (Å²) in [7, 11) is -3.59. The van der Waals surface area contributed by atoms with Gasteiger partial charge in [0.05, 0.1) is 4.92 Å². The lowest BCUT2D eigenvalue weighted by Crippen LogP contribution is -2.50. The maximum atomic E-state index is 12.6. The number of nitro groups is 1. The topological polar surface area (TPSA) is 101 Å². The van der Waals surface area contributed by atoms with Crippen LogP contribution in [0.25, 0.3) is 6.08 Å². The molecule has 2 aromatic rings. The molecule has 0 spiro atoms. The second kappa shape index (κ2) is 8.32. The zero-order chi connectivity index (χ0) is 20.1. The third-order valence-corrected chi connectivity index (χ3v) is 5.99. The van der Waals surface area contributed by atoms with Crippen molar-refractivity contribution in [1.29, 1.82) is 0 Å². The Balaban J connectivity index is 1.63. The molecule has 146 valence electrons. The number of hydrogen-bond donors (Lipinski definition) is 0. The number of nitro benzene ring substituents is 1. The molecule has 0 atom stereocenters. The molecule has 8 nitrogen and oxygen atoms in total. The fourth-order valence-corrected chi connectivity index (χ4v) is 4.07. The van der Waals surface area contributed by atoms with Crippen LogP contribution < -0.4 is 0 Å². The van der Waals surface area contributed by atoms with Gasteiger partial charge in [-0.05, 0) is 17.7 Å². The molecule has 28 heavy (non-hydrogen) atoms. The molecule has 0 N–H and O–H groups in total. The normalized spacial score (nSPS) is 15.6. The van der Waals surface area contributed by atoms with Crippen LogP contribution in [0.1, 0.15) is 15.9 Å². The Kier molecular flexibility index (Phi) is 5.86. The molecular weight excluding hydrogens is 382 g/mol. The van der Waals surface area contributed by atoms with Crippen LogP contribution in [0.5, 0.6) is 0 Å². The highest BCUT2D eigenvalue weighted by atomic mass is 32.2. The first-order chi connectivity index (χ1) is 13.4. The van der Waals surface area contributed by atoms with E-state index in [9.17, 15) is 23.3 Å². The largest absolute Gasteiger partial charge is 0.336 e. The van der Waals surface area contributed by atoms with E-state index in [-0.39, 0.29) is 43.3 Å². The lowest BCUT2D eigenvalue weighted by Gasteiger charge is -2.33. The molecular formula is C19H19N3O5S. The minimum Gasteiger partial charge on any atom is -0.336 e. The standard InChI is InChI=1S/C19H19N3O5S/c23-19(17-7-4-8-18(15-17)22(24)25)20-10-12-21(13-11-20)28(26,27)14-9-16-5-2-1-3-6-16/h1-9,14-15H,10-13H2. The summed E-state index contributed by atoms with van der Waals surface area (Å²) in [5.41, 5.74) is 0.846. The van der Waals surface area contributed by atoms with Crippen LogP contribution in [0.15, 0.2) is 60.0 Å². The van der Waals surface area contributed by atoms with Crippen molar-refractivity contribution < 1.29 is 18.1 Å². The molecule has 0 bridgehead atoms. The Bertz CT molecular complexity index is 997. The number of amides is 1. The average Bonchev–Trinajstić information content (AvgIpc) is 2.73. The van der Waals surface area contributed by atoms with Gasteiger partial charge < -0.3 is 4.90 Å². The Labute approximate surface area is 162 Å². The first-order valence-corrected chi connectivity index (χ1v) is 10.1. The summed E-state index contributed by atoms with van der Waals surface area (Å²) in [5.74, 6) is -0.347. The van der Waals surface area contributed by atoms with Gasteiger partial charge in [-0.1, -0.05) is 36.4 Å². The van der Waals surface area contributed by atoms with Crippen molar-refractivity contribution in [2.24, 2.45) is 0 Å². The average molecular weight is 401 g/mol. The number of sulfonamides is 1. The highest BCUT2D eigenvalue weighted by molar-refractivity contribution is 7.92. The van der Waals surface area contributed by atoms with E-state index in [1.165, 1.54) is 45.0 Å². The van der Waals surface area contributed by atoms with Gasteiger partial charge in [0.1, 0.15) is 0 Å². The number of hydrogen-bond acceptors (Lipinski definition) is 5. The first-order valence-electron chi connectivity index (χ1n) is 8.64. The maximum absolute atomic E-state index is 12.6. The van der Waals surface area contributed by atoms with Crippen molar-refractivity contribution in [3.8, 4) is 0 Å². The van der Waals surface area contributed by atoms with Gasteiger partial charge in [-0.15, -0.1) is 0 Å². The van der Waals surface area contributed by atoms with Crippen LogP contribution in [0.3, 0.4) is 0 Å². The number of non-ortho nitro benzene ring substituents is 1. The van der Waals surface area contributed by atoms with E-state index in [1.807, 2.05) is 30.3 Å². The number of carbonyl (C=O) groups excluding carboxylic acids is 1. The van der Waals surface area contributed by atoms with Crippen molar-refractivity contribution in [1.82, 2.24) is 9.21 Å². The number of benzene rings is 2. The molecule has 1 aliphatic rings. The summed E-state index contributed by atoms with van der Waals surface area (Å²) in [6.45, 7) is 0.782. The Morgan fingerprint density at radius 2 is 1.68 bits per heavy atom. The summed E-state index contributed by atoms with van der Waals surface area (Å²) in [6.07, 6.45) is 1.54. The number of nitrogens with zero attached hydrogens (tertiary/aromatic N) is 3. The van der Waals surface area contributed by atoms with Crippen LogP contribution in [-0.4, -0.2) is 54.6 Å². The third-order valence-electron chi connectivity index (χ3n) is 4.42.